The number of carbonyl (C=O) groups is 1. The molecule has 0 aromatic heterocycles. The fourth-order valence-electron chi connectivity index (χ4n) is 2.50. The Morgan fingerprint density at radius 1 is 1.73 bits per heavy atom. The average molecular weight is 206 g/mol. The first-order valence-electron chi connectivity index (χ1n) is 5.94. The predicted molar refractivity (Wildman–Crippen MR) is 64.6 cm³/mol. The van der Waals surface area contributed by atoms with Gasteiger partial charge < -0.3 is 0 Å². The van der Waals surface area contributed by atoms with Crippen molar-refractivity contribution in [2.24, 2.45) is 17.8 Å². The van der Waals surface area contributed by atoms with Gasteiger partial charge >= 0.3 is 0 Å². The zero-order valence-electron chi connectivity index (χ0n) is 10.1. The molecule has 0 bridgehead atoms. The molecule has 0 spiro atoms. The van der Waals surface area contributed by atoms with Gasteiger partial charge in [-0.1, -0.05) is 32.4 Å². The summed E-state index contributed by atoms with van der Waals surface area (Å²) in [6, 6.07) is 0. The lowest BCUT2D eigenvalue weighted by atomic mass is 9.82. The van der Waals surface area contributed by atoms with Crippen molar-refractivity contribution in [3.63, 3.8) is 0 Å². The van der Waals surface area contributed by atoms with E-state index in [1.54, 1.807) is 6.92 Å². The fourth-order valence-corrected chi connectivity index (χ4v) is 2.50. The summed E-state index contributed by atoms with van der Waals surface area (Å²) in [6.07, 6.45) is 7.56. The molecule has 84 valence electrons. The summed E-state index contributed by atoms with van der Waals surface area (Å²) in [5.41, 5.74) is 1.03. The maximum absolute atomic E-state index is 11.4. The molecule has 0 amide bonds. The van der Waals surface area contributed by atoms with Gasteiger partial charge in [-0.15, -0.1) is 6.58 Å². The summed E-state index contributed by atoms with van der Waals surface area (Å²) in [5, 5.41) is 0. The number of hydrogen-bond acceptors (Lipinski definition) is 1. The molecule has 0 aromatic carbocycles. The first-order valence-corrected chi connectivity index (χ1v) is 5.94. The number of allylic oxidation sites excluding steroid dienone is 3. The normalized spacial score (nSPS) is 27.3. The van der Waals surface area contributed by atoms with Crippen molar-refractivity contribution < 1.29 is 4.79 Å². The Balaban J connectivity index is 2.76. The van der Waals surface area contributed by atoms with Gasteiger partial charge in [0, 0.05) is 0 Å². The summed E-state index contributed by atoms with van der Waals surface area (Å²) < 4.78 is 0. The van der Waals surface area contributed by atoms with Crippen molar-refractivity contribution in [3.05, 3.63) is 24.3 Å². The molecule has 1 unspecified atom stereocenters. The molecule has 0 heterocycles. The SMILES string of the molecule is C=CC(C)[C@@H]1CC(C(C)=O)=C[C@@H]1CCC. The first-order chi connectivity index (χ1) is 7.10. The molecule has 1 rings (SSSR count). The van der Waals surface area contributed by atoms with E-state index >= 15 is 0 Å². The van der Waals surface area contributed by atoms with Crippen LogP contribution in [0.1, 0.15) is 40.0 Å². The van der Waals surface area contributed by atoms with Gasteiger partial charge in [0.05, 0.1) is 0 Å². The molecule has 0 saturated carbocycles. The molecule has 1 aliphatic carbocycles. The third kappa shape index (κ3) is 2.80. The maximum atomic E-state index is 11.4. The van der Waals surface area contributed by atoms with Crippen LogP contribution in [0.25, 0.3) is 0 Å². The molecule has 3 atom stereocenters. The third-order valence-corrected chi connectivity index (χ3v) is 3.54. The van der Waals surface area contributed by atoms with Gasteiger partial charge in [-0.05, 0) is 43.1 Å². The van der Waals surface area contributed by atoms with E-state index in [0.29, 0.717) is 17.8 Å². The molecule has 0 fully saturated rings. The summed E-state index contributed by atoms with van der Waals surface area (Å²) in [4.78, 5) is 11.4. The van der Waals surface area contributed by atoms with Crippen LogP contribution in [0.5, 0.6) is 0 Å². The highest BCUT2D eigenvalue weighted by molar-refractivity contribution is 5.93. The minimum Gasteiger partial charge on any atom is -0.295 e. The van der Waals surface area contributed by atoms with Crippen LogP contribution in [0.2, 0.25) is 0 Å². The second kappa shape index (κ2) is 5.29. The minimum atomic E-state index is 0.245. The molecule has 0 aliphatic heterocycles. The predicted octanol–water partition coefficient (Wildman–Crippen LogP) is 3.76. The van der Waals surface area contributed by atoms with E-state index in [1.807, 2.05) is 6.08 Å². The number of rotatable bonds is 5. The van der Waals surface area contributed by atoms with E-state index in [4.69, 9.17) is 0 Å². The molecule has 0 N–H and O–H groups in total. The van der Waals surface area contributed by atoms with Crippen molar-refractivity contribution in [3.8, 4) is 0 Å². The van der Waals surface area contributed by atoms with E-state index in [2.05, 4.69) is 26.5 Å². The summed E-state index contributed by atoms with van der Waals surface area (Å²) in [6.45, 7) is 9.95. The third-order valence-electron chi connectivity index (χ3n) is 3.54. The largest absolute Gasteiger partial charge is 0.295 e. The lowest BCUT2D eigenvalue weighted by Gasteiger charge is -2.23. The van der Waals surface area contributed by atoms with Crippen molar-refractivity contribution in [2.75, 3.05) is 0 Å². The number of carbonyl (C=O) groups excluding carboxylic acids is 1. The van der Waals surface area contributed by atoms with Gasteiger partial charge in [0.1, 0.15) is 0 Å². The summed E-state index contributed by atoms with van der Waals surface area (Å²) in [7, 11) is 0. The molecule has 1 aliphatic rings. The maximum Gasteiger partial charge on any atom is 0.155 e. The van der Waals surface area contributed by atoms with Crippen LogP contribution in [0.15, 0.2) is 24.3 Å². The number of ketones is 1. The van der Waals surface area contributed by atoms with Crippen LogP contribution >= 0.6 is 0 Å². The van der Waals surface area contributed by atoms with Crippen LogP contribution in [0.3, 0.4) is 0 Å². The highest BCUT2D eigenvalue weighted by atomic mass is 16.1. The standard InChI is InChI=1S/C14H22O/c1-5-7-12-8-13(11(4)15)9-14(12)10(3)6-2/h6,8,10,12,14H,2,5,7,9H2,1,3-4H3/t10?,12-,14-/m0/s1. The van der Waals surface area contributed by atoms with Gasteiger partial charge in [0.25, 0.3) is 0 Å². The summed E-state index contributed by atoms with van der Waals surface area (Å²) in [5.74, 6) is 1.94. The van der Waals surface area contributed by atoms with Gasteiger partial charge in [0.15, 0.2) is 5.78 Å². The van der Waals surface area contributed by atoms with E-state index in [0.717, 1.165) is 12.0 Å². The lowest BCUT2D eigenvalue weighted by Crippen LogP contribution is -2.15. The van der Waals surface area contributed by atoms with Gasteiger partial charge in [-0.2, -0.15) is 0 Å². The van der Waals surface area contributed by atoms with Gasteiger partial charge in [-0.25, -0.2) is 0 Å². The molecule has 0 radical (unpaired) electrons. The quantitative estimate of drug-likeness (QED) is 0.626. The first kappa shape index (κ1) is 12.2. The van der Waals surface area contributed by atoms with Crippen LogP contribution in [0.4, 0.5) is 0 Å². The van der Waals surface area contributed by atoms with Crippen molar-refractivity contribution in [2.45, 2.75) is 40.0 Å². The van der Waals surface area contributed by atoms with Crippen LogP contribution in [-0.4, -0.2) is 5.78 Å². The zero-order chi connectivity index (χ0) is 11.4. The second-order valence-corrected chi connectivity index (χ2v) is 4.66. The van der Waals surface area contributed by atoms with Crippen molar-refractivity contribution in [1.82, 2.24) is 0 Å². The smallest absolute Gasteiger partial charge is 0.155 e. The molecule has 1 nitrogen and oxygen atoms in total. The van der Waals surface area contributed by atoms with Crippen LogP contribution in [-0.2, 0) is 4.79 Å². The molecule has 1 heteroatoms. The minimum absolute atomic E-state index is 0.245. The van der Waals surface area contributed by atoms with Gasteiger partial charge in [0.2, 0.25) is 0 Å². The van der Waals surface area contributed by atoms with Crippen molar-refractivity contribution >= 4 is 5.78 Å². The molecule has 0 saturated heterocycles. The van der Waals surface area contributed by atoms with Crippen LogP contribution < -0.4 is 0 Å². The fraction of sp³-hybridized carbons (Fsp3) is 0.643. The second-order valence-electron chi connectivity index (χ2n) is 4.66. The highest BCUT2D eigenvalue weighted by Gasteiger charge is 2.31. The van der Waals surface area contributed by atoms with Crippen molar-refractivity contribution in [1.29, 1.82) is 0 Å². The Bertz CT molecular complexity index is 275. The Labute approximate surface area is 93.3 Å². The zero-order valence-corrected chi connectivity index (χ0v) is 10.1. The average Bonchev–Trinajstić information content (AvgIpc) is 2.61. The lowest BCUT2D eigenvalue weighted by molar-refractivity contribution is -0.113. The van der Waals surface area contributed by atoms with E-state index in [9.17, 15) is 4.79 Å². The monoisotopic (exact) mass is 206 g/mol. The molecular formula is C14H22O. The Morgan fingerprint density at radius 3 is 2.87 bits per heavy atom. The van der Waals surface area contributed by atoms with Gasteiger partial charge in [-0.3, -0.25) is 4.79 Å². The topological polar surface area (TPSA) is 17.1 Å². The summed E-state index contributed by atoms with van der Waals surface area (Å²) >= 11 is 0. The molecule has 0 aromatic rings. The number of hydrogen-bond donors (Lipinski definition) is 0. The molecule has 15 heavy (non-hydrogen) atoms. The Hall–Kier alpha value is -0.850. The Kier molecular flexibility index (Phi) is 4.31. The van der Waals surface area contributed by atoms with Crippen LogP contribution in [0, 0.1) is 17.8 Å². The van der Waals surface area contributed by atoms with E-state index in [-0.39, 0.29) is 5.78 Å². The van der Waals surface area contributed by atoms with E-state index in [1.165, 1.54) is 12.8 Å². The molecular weight excluding hydrogens is 184 g/mol. The van der Waals surface area contributed by atoms with E-state index < -0.39 is 0 Å². The number of Topliss-reactive ketones (excluding diaryl/α,β-unsaturated/α-hetero) is 1. The highest BCUT2D eigenvalue weighted by Crippen LogP contribution is 2.39. The Morgan fingerprint density at radius 2 is 2.40 bits per heavy atom.